The number of nitrogens with zero attached hydrogens (tertiary/aromatic N) is 4. The van der Waals surface area contributed by atoms with Crippen LogP contribution in [0.3, 0.4) is 0 Å². The van der Waals surface area contributed by atoms with Crippen molar-refractivity contribution in [2.24, 2.45) is 11.8 Å². The number of nitrogens with one attached hydrogen (secondary N) is 4. The Morgan fingerprint density at radius 2 is 1.27 bits per heavy atom. The van der Waals surface area contributed by atoms with Crippen LogP contribution in [-0.2, 0) is 31.9 Å². The Kier molecular flexibility index (Phi) is 10.9. The summed E-state index contributed by atoms with van der Waals surface area (Å²) in [7, 11) is 2.58. The number of furan rings is 1. The molecule has 0 unspecified atom stereocenters. The fourth-order valence-corrected chi connectivity index (χ4v) is 8.92. The standard InChI is InChI=1S/C44H52N8O7/c1-23(2)36(49-43(55)57-5)41(53)51-17-7-9-33(51)39-45-21-31(47-39)26-12-14-28-25(19-26)11-15-29-30-20-27(13-16-35(30)59-38(28)29)32-22-46-40(48-32)34-10-8-18-52(34)42(54)37(24(3)4)50-44(56)58-6/h12-14,16,19-24,33-34,36-37H,7-11,15,17-18H2,1-6H3,(H,45,47)(H,46,48)(H,49,55)(H,50,56)/t33-,34-,36-,37-/m0/s1. The van der Waals surface area contributed by atoms with Crippen LogP contribution in [0.25, 0.3) is 44.8 Å². The third kappa shape index (κ3) is 7.54. The number of aromatic amines is 2. The largest absolute Gasteiger partial charge is 0.456 e. The van der Waals surface area contributed by atoms with Gasteiger partial charge in [-0.3, -0.25) is 9.59 Å². The summed E-state index contributed by atoms with van der Waals surface area (Å²) in [6.45, 7) is 8.80. The Balaban J connectivity index is 0.995. The first-order valence-corrected chi connectivity index (χ1v) is 20.5. The molecule has 0 spiro atoms. The van der Waals surface area contributed by atoms with Crippen LogP contribution in [0.1, 0.15) is 88.2 Å². The van der Waals surface area contributed by atoms with Crippen LogP contribution in [0.15, 0.2) is 53.2 Å². The average molecular weight is 805 g/mol. The van der Waals surface area contributed by atoms with E-state index in [-0.39, 0.29) is 35.7 Å². The van der Waals surface area contributed by atoms with Crippen LogP contribution in [0.2, 0.25) is 0 Å². The van der Waals surface area contributed by atoms with Crippen molar-refractivity contribution in [2.75, 3.05) is 27.3 Å². The predicted octanol–water partition coefficient (Wildman–Crippen LogP) is 7.07. The van der Waals surface area contributed by atoms with Crippen LogP contribution in [0, 0.1) is 11.8 Å². The summed E-state index contributed by atoms with van der Waals surface area (Å²) >= 11 is 0. The van der Waals surface area contributed by atoms with Crippen LogP contribution >= 0.6 is 0 Å². The highest BCUT2D eigenvalue weighted by molar-refractivity contribution is 5.93. The molecule has 3 aromatic heterocycles. The van der Waals surface area contributed by atoms with Gasteiger partial charge in [-0.05, 0) is 85.8 Å². The van der Waals surface area contributed by atoms with Crippen molar-refractivity contribution >= 4 is 35.0 Å². The van der Waals surface area contributed by atoms with E-state index in [1.54, 1.807) is 0 Å². The molecule has 5 heterocycles. The number of methoxy groups -OCH3 is 2. The minimum Gasteiger partial charge on any atom is -0.456 e. The first-order valence-electron chi connectivity index (χ1n) is 20.5. The molecule has 4 N–H and O–H groups in total. The van der Waals surface area contributed by atoms with Gasteiger partial charge in [0.05, 0.1) is 50.1 Å². The second-order valence-electron chi connectivity index (χ2n) is 16.5. The predicted molar refractivity (Wildman–Crippen MR) is 220 cm³/mol. The lowest BCUT2D eigenvalue weighted by Crippen LogP contribution is -2.51. The van der Waals surface area contributed by atoms with Gasteiger partial charge in [0.25, 0.3) is 0 Å². The van der Waals surface area contributed by atoms with Gasteiger partial charge in [-0.25, -0.2) is 19.6 Å². The number of hydrogen-bond donors (Lipinski definition) is 4. The number of benzene rings is 2. The van der Waals surface area contributed by atoms with Gasteiger partial charge < -0.3 is 44.3 Å². The van der Waals surface area contributed by atoms with Gasteiger partial charge in [0.1, 0.15) is 35.1 Å². The molecule has 5 aromatic rings. The van der Waals surface area contributed by atoms with Gasteiger partial charge >= 0.3 is 12.2 Å². The van der Waals surface area contributed by atoms with Crippen molar-refractivity contribution in [3.63, 3.8) is 0 Å². The maximum Gasteiger partial charge on any atom is 0.407 e. The summed E-state index contributed by atoms with van der Waals surface area (Å²) in [5.74, 6) is 1.82. The number of carbonyl (C=O) groups is 4. The fourth-order valence-electron chi connectivity index (χ4n) is 8.92. The Morgan fingerprint density at radius 1 is 0.746 bits per heavy atom. The van der Waals surface area contributed by atoms with Crippen LogP contribution in [0.5, 0.6) is 0 Å². The molecule has 0 radical (unpaired) electrons. The van der Waals surface area contributed by atoms with E-state index in [9.17, 15) is 19.2 Å². The highest BCUT2D eigenvalue weighted by Gasteiger charge is 2.39. The molecule has 310 valence electrons. The average Bonchev–Trinajstić information content (AvgIpc) is 4.09. The molecule has 0 bridgehead atoms. The number of hydrogen-bond acceptors (Lipinski definition) is 9. The molecule has 1 aliphatic carbocycles. The molecule has 59 heavy (non-hydrogen) atoms. The molecule has 15 heteroatoms. The Morgan fingerprint density at radius 3 is 1.80 bits per heavy atom. The topological polar surface area (TPSA) is 188 Å². The number of ether oxygens (including phenoxy) is 2. The molecule has 2 fully saturated rings. The molecule has 8 rings (SSSR count). The van der Waals surface area contributed by atoms with Crippen molar-refractivity contribution in [1.29, 1.82) is 0 Å². The smallest absolute Gasteiger partial charge is 0.407 e. The number of aromatic nitrogens is 4. The highest BCUT2D eigenvalue weighted by atomic mass is 16.5. The van der Waals surface area contributed by atoms with Gasteiger partial charge in [-0.2, -0.15) is 0 Å². The summed E-state index contributed by atoms with van der Waals surface area (Å²) in [5.41, 5.74) is 7.94. The molecular formula is C44H52N8O7. The summed E-state index contributed by atoms with van der Waals surface area (Å²) in [4.78, 5) is 71.4. The zero-order chi connectivity index (χ0) is 41.5. The van der Waals surface area contributed by atoms with Crippen molar-refractivity contribution < 1.29 is 33.1 Å². The van der Waals surface area contributed by atoms with E-state index < -0.39 is 24.3 Å². The summed E-state index contributed by atoms with van der Waals surface area (Å²) in [6.07, 6.45) is 7.29. The van der Waals surface area contributed by atoms with Gasteiger partial charge in [0.2, 0.25) is 11.8 Å². The van der Waals surface area contributed by atoms with E-state index >= 15 is 0 Å². The summed E-state index contributed by atoms with van der Waals surface area (Å²) in [6, 6.07) is 10.7. The molecule has 3 aliphatic rings. The van der Waals surface area contributed by atoms with Gasteiger partial charge in [-0.1, -0.05) is 39.8 Å². The van der Waals surface area contributed by atoms with Crippen molar-refractivity contribution in [3.8, 4) is 33.8 Å². The summed E-state index contributed by atoms with van der Waals surface area (Å²) < 4.78 is 16.1. The number of H-pyrrole nitrogens is 2. The molecular weight excluding hydrogens is 753 g/mol. The second kappa shape index (κ2) is 16.3. The summed E-state index contributed by atoms with van der Waals surface area (Å²) in [5, 5.41) is 6.48. The maximum absolute atomic E-state index is 13.7. The number of carbonyl (C=O) groups excluding carboxylic acids is 4. The van der Waals surface area contributed by atoms with Gasteiger partial charge in [0.15, 0.2) is 0 Å². The number of rotatable bonds is 10. The van der Waals surface area contributed by atoms with Crippen LogP contribution < -0.4 is 10.6 Å². The zero-order valence-electron chi connectivity index (χ0n) is 34.4. The minimum absolute atomic E-state index is 0.110. The molecule has 2 saturated heterocycles. The number of amides is 4. The molecule has 2 aromatic carbocycles. The zero-order valence-corrected chi connectivity index (χ0v) is 34.4. The Bertz CT molecular complexity index is 2390. The Labute approximate surface area is 342 Å². The SMILES string of the molecule is COC(=O)N[C@H](C(=O)N1CCC[C@H]1c1ncc(-c2ccc3c(c2)CCc2c-3oc3ccc(-c4cnc([C@@H]5CCCN5C(=O)[C@@H](NC(=O)OC)C(C)C)[nH]4)cc23)[nH]1)C(C)C. The van der Waals surface area contributed by atoms with Crippen molar-refractivity contribution in [2.45, 2.75) is 90.4 Å². The quantitative estimate of drug-likeness (QED) is 0.115. The van der Waals surface area contributed by atoms with Crippen LogP contribution in [0.4, 0.5) is 9.59 Å². The lowest BCUT2D eigenvalue weighted by atomic mass is 9.88. The lowest BCUT2D eigenvalue weighted by Gasteiger charge is -2.30. The molecule has 4 amide bonds. The molecule has 2 aliphatic heterocycles. The van der Waals surface area contributed by atoms with E-state index in [0.717, 1.165) is 95.0 Å². The van der Waals surface area contributed by atoms with Gasteiger partial charge in [-0.15, -0.1) is 0 Å². The van der Waals surface area contributed by atoms with E-state index in [1.165, 1.54) is 25.3 Å². The van der Waals surface area contributed by atoms with Crippen molar-refractivity contribution in [3.05, 3.63) is 71.6 Å². The number of imidazole rings is 2. The van der Waals surface area contributed by atoms with E-state index in [0.29, 0.717) is 13.1 Å². The van der Waals surface area contributed by atoms with E-state index in [2.05, 4.69) is 44.9 Å². The number of aryl methyl sites for hydroxylation is 2. The second-order valence-corrected chi connectivity index (χ2v) is 16.5. The number of alkyl carbamates (subject to hydrolysis) is 2. The fraction of sp³-hybridized carbons (Fsp3) is 0.455. The molecule has 15 nitrogen and oxygen atoms in total. The number of fused-ring (bicyclic) bond motifs is 5. The molecule has 0 saturated carbocycles. The first-order chi connectivity index (χ1) is 28.4. The monoisotopic (exact) mass is 804 g/mol. The third-order valence-corrected chi connectivity index (χ3v) is 12.1. The molecule has 4 atom stereocenters. The highest BCUT2D eigenvalue weighted by Crippen LogP contribution is 2.43. The first kappa shape index (κ1) is 39.7. The number of likely N-dealkylation sites (tertiary alicyclic amines) is 2. The van der Waals surface area contributed by atoms with E-state index in [1.807, 2.05) is 62.0 Å². The minimum atomic E-state index is -0.698. The van der Waals surface area contributed by atoms with Gasteiger partial charge in [0, 0.05) is 35.2 Å². The third-order valence-electron chi connectivity index (χ3n) is 12.1. The maximum atomic E-state index is 13.7. The van der Waals surface area contributed by atoms with Crippen LogP contribution in [-0.4, -0.2) is 93.1 Å². The normalized spacial score (nSPS) is 18.5. The lowest BCUT2D eigenvalue weighted by molar-refractivity contribution is -0.136. The van der Waals surface area contributed by atoms with E-state index in [4.69, 9.17) is 23.9 Å². The Hall–Kier alpha value is -6.12. The van der Waals surface area contributed by atoms with Crippen molar-refractivity contribution in [1.82, 2.24) is 40.4 Å².